The summed E-state index contributed by atoms with van der Waals surface area (Å²) in [6.45, 7) is 3.10. The fourth-order valence-corrected chi connectivity index (χ4v) is 2.57. The van der Waals surface area contributed by atoms with Crippen molar-refractivity contribution in [3.8, 4) is 0 Å². The van der Waals surface area contributed by atoms with Gasteiger partial charge in [-0.25, -0.2) is 0 Å². The van der Waals surface area contributed by atoms with E-state index in [1.54, 1.807) is 0 Å². The van der Waals surface area contributed by atoms with E-state index in [0.717, 1.165) is 23.9 Å². The van der Waals surface area contributed by atoms with Crippen molar-refractivity contribution in [2.24, 2.45) is 0 Å². The van der Waals surface area contributed by atoms with E-state index in [4.69, 9.17) is 0 Å². The monoisotopic (exact) mass is 319 g/mol. The van der Waals surface area contributed by atoms with Gasteiger partial charge in [-0.05, 0) is 58.6 Å². The molecule has 0 spiro atoms. The van der Waals surface area contributed by atoms with E-state index in [2.05, 4.69) is 50.3 Å². The number of nitrogens with one attached hydrogen (secondary N) is 1. The largest absolute Gasteiger partial charge is 0.314 e. The minimum Gasteiger partial charge on any atom is -0.314 e. The lowest BCUT2D eigenvalue weighted by Gasteiger charge is -2.18. The normalized spacial score (nSPS) is 12.3. The van der Waals surface area contributed by atoms with E-state index in [1.807, 2.05) is 30.9 Å². The first-order valence-corrected chi connectivity index (χ1v) is 7.29. The molecule has 0 aromatic carbocycles. The Hall–Kier alpha value is -1.26. The molecule has 3 nitrogen and oxygen atoms in total. The van der Waals surface area contributed by atoms with Crippen molar-refractivity contribution in [3.05, 3.63) is 58.6 Å². The topological polar surface area (TPSA) is 37.8 Å². The lowest BCUT2D eigenvalue weighted by molar-refractivity contribution is 0.520. The van der Waals surface area contributed by atoms with Crippen molar-refractivity contribution in [3.63, 3.8) is 0 Å². The molecule has 1 N–H and O–H groups in total. The fourth-order valence-electron chi connectivity index (χ4n) is 2.16. The number of nitrogens with zero attached hydrogens (tertiary/aromatic N) is 2. The zero-order valence-corrected chi connectivity index (χ0v) is 12.6. The van der Waals surface area contributed by atoms with Gasteiger partial charge in [0.25, 0.3) is 0 Å². The van der Waals surface area contributed by atoms with Gasteiger partial charge in [-0.2, -0.15) is 0 Å². The highest BCUT2D eigenvalue weighted by molar-refractivity contribution is 9.10. The molecule has 1 unspecified atom stereocenters. The standard InChI is InChI=1S/C15H18BrN3/c1-2-19-15(7-12-4-3-5-17-9-12)8-13-6-14(16)11-18-10-13/h3-6,9-11,15,19H,2,7-8H2,1H3. The van der Waals surface area contributed by atoms with E-state index in [1.165, 1.54) is 11.1 Å². The molecule has 4 heteroatoms. The average molecular weight is 320 g/mol. The highest BCUT2D eigenvalue weighted by atomic mass is 79.9. The zero-order chi connectivity index (χ0) is 13.5. The van der Waals surface area contributed by atoms with Gasteiger partial charge in [0.15, 0.2) is 0 Å². The highest BCUT2D eigenvalue weighted by Gasteiger charge is 2.10. The van der Waals surface area contributed by atoms with Crippen LogP contribution in [0.5, 0.6) is 0 Å². The average Bonchev–Trinajstić information content (AvgIpc) is 2.40. The molecule has 0 saturated heterocycles. The van der Waals surface area contributed by atoms with Crippen molar-refractivity contribution >= 4 is 15.9 Å². The summed E-state index contributed by atoms with van der Waals surface area (Å²) in [7, 11) is 0. The van der Waals surface area contributed by atoms with Gasteiger partial charge >= 0.3 is 0 Å². The van der Waals surface area contributed by atoms with Crippen LogP contribution >= 0.6 is 15.9 Å². The molecule has 2 rings (SSSR count). The minimum atomic E-state index is 0.408. The number of pyridine rings is 2. The lowest BCUT2D eigenvalue weighted by atomic mass is 10.0. The van der Waals surface area contributed by atoms with Crippen LogP contribution in [0, 0.1) is 0 Å². The highest BCUT2D eigenvalue weighted by Crippen LogP contribution is 2.13. The molecule has 0 aliphatic rings. The first-order chi connectivity index (χ1) is 9.28. The second-order valence-electron chi connectivity index (χ2n) is 4.54. The third kappa shape index (κ3) is 4.73. The first kappa shape index (κ1) is 14.2. The molecule has 1 atom stereocenters. The van der Waals surface area contributed by atoms with Crippen molar-refractivity contribution in [2.45, 2.75) is 25.8 Å². The van der Waals surface area contributed by atoms with E-state index < -0.39 is 0 Å². The van der Waals surface area contributed by atoms with Gasteiger partial charge in [-0.1, -0.05) is 13.0 Å². The summed E-state index contributed by atoms with van der Waals surface area (Å²) in [6, 6.07) is 6.64. The lowest BCUT2D eigenvalue weighted by Crippen LogP contribution is -2.33. The number of hydrogen-bond donors (Lipinski definition) is 1. The molecule has 2 aromatic heterocycles. The Morgan fingerprint density at radius 3 is 2.63 bits per heavy atom. The van der Waals surface area contributed by atoms with Crippen LogP contribution in [0.2, 0.25) is 0 Å². The minimum absolute atomic E-state index is 0.408. The van der Waals surface area contributed by atoms with Crippen LogP contribution < -0.4 is 5.32 Å². The Bertz CT molecular complexity index is 502. The number of hydrogen-bond acceptors (Lipinski definition) is 3. The molecular weight excluding hydrogens is 302 g/mol. The van der Waals surface area contributed by atoms with Crippen LogP contribution in [-0.4, -0.2) is 22.6 Å². The summed E-state index contributed by atoms with van der Waals surface area (Å²) < 4.78 is 1.03. The van der Waals surface area contributed by atoms with Crippen LogP contribution in [-0.2, 0) is 12.8 Å². The molecule has 0 aliphatic carbocycles. The third-order valence-electron chi connectivity index (χ3n) is 2.94. The van der Waals surface area contributed by atoms with Crippen molar-refractivity contribution < 1.29 is 0 Å². The van der Waals surface area contributed by atoms with Gasteiger partial charge in [-0.15, -0.1) is 0 Å². The maximum absolute atomic E-state index is 4.22. The SMILES string of the molecule is CCNC(Cc1cccnc1)Cc1cncc(Br)c1. The molecule has 0 radical (unpaired) electrons. The maximum Gasteiger partial charge on any atom is 0.0410 e. The van der Waals surface area contributed by atoms with Gasteiger partial charge < -0.3 is 5.32 Å². The van der Waals surface area contributed by atoms with Gasteiger partial charge in [0, 0.05) is 35.3 Å². The van der Waals surface area contributed by atoms with Crippen LogP contribution in [0.15, 0.2) is 47.5 Å². The van der Waals surface area contributed by atoms with E-state index in [0.29, 0.717) is 6.04 Å². The molecule has 2 aromatic rings. The summed E-state index contributed by atoms with van der Waals surface area (Å²) in [6.07, 6.45) is 9.43. The Morgan fingerprint density at radius 1 is 1.16 bits per heavy atom. The van der Waals surface area contributed by atoms with E-state index in [-0.39, 0.29) is 0 Å². The predicted octanol–water partition coefficient (Wildman–Crippen LogP) is 3.00. The van der Waals surface area contributed by atoms with Crippen molar-refractivity contribution in [2.75, 3.05) is 6.54 Å². The molecule has 0 saturated carbocycles. The number of rotatable bonds is 6. The number of halogens is 1. The summed E-state index contributed by atoms with van der Waals surface area (Å²) in [5, 5.41) is 3.53. The zero-order valence-electron chi connectivity index (χ0n) is 11.0. The quantitative estimate of drug-likeness (QED) is 0.889. The Labute approximate surface area is 122 Å². The molecule has 100 valence electrons. The van der Waals surface area contributed by atoms with Crippen LogP contribution in [0.4, 0.5) is 0 Å². The molecule has 0 bridgehead atoms. The second-order valence-corrected chi connectivity index (χ2v) is 5.45. The smallest absolute Gasteiger partial charge is 0.0410 e. The van der Waals surface area contributed by atoms with E-state index >= 15 is 0 Å². The molecule has 2 heterocycles. The fraction of sp³-hybridized carbons (Fsp3) is 0.333. The van der Waals surface area contributed by atoms with Gasteiger partial charge in [0.05, 0.1) is 0 Å². The second kappa shape index (κ2) is 7.36. The van der Waals surface area contributed by atoms with Crippen LogP contribution in [0.3, 0.4) is 0 Å². The third-order valence-corrected chi connectivity index (χ3v) is 3.37. The van der Waals surface area contributed by atoms with E-state index in [9.17, 15) is 0 Å². The van der Waals surface area contributed by atoms with Gasteiger partial charge in [0.1, 0.15) is 0 Å². The molecule has 0 fully saturated rings. The number of aromatic nitrogens is 2. The Balaban J connectivity index is 2.04. The van der Waals surface area contributed by atoms with Crippen molar-refractivity contribution in [1.29, 1.82) is 0 Å². The summed E-state index contributed by atoms with van der Waals surface area (Å²) in [5.74, 6) is 0. The Kier molecular flexibility index (Phi) is 5.48. The summed E-state index contributed by atoms with van der Waals surface area (Å²) >= 11 is 3.46. The number of likely N-dealkylation sites (N-methyl/N-ethyl adjacent to an activating group) is 1. The Morgan fingerprint density at radius 2 is 1.95 bits per heavy atom. The first-order valence-electron chi connectivity index (χ1n) is 6.49. The molecule has 19 heavy (non-hydrogen) atoms. The van der Waals surface area contributed by atoms with Crippen LogP contribution in [0.1, 0.15) is 18.1 Å². The summed E-state index contributed by atoms with van der Waals surface area (Å²) in [5.41, 5.74) is 2.50. The van der Waals surface area contributed by atoms with Gasteiger partial charge in [-0.3, -0.25) is 9.97 Å². The maximum atomic E-state index is 4.22. The molecular formula is C15H18BrN3. The molecule has 0 aliphatic heterocycles. The van der Waals surface area contributed by atoms with Gasteiger partial charge in [0.2, 0.25) is 0 Å². The van der Waals surface area contributed by atoms with Crippen molar-refractivity contribution in [1.82, 2.24) is 15.3 Å². The van der Waals surface area contributed by atoms with Crippen LogP contribution in [0.25, 0.3) is 0 Å². The summed E-state index contributed by atoms with van der Waals surface area (Å²) in [4.78, 5) is 8.39. The predicted molar refractivity (Wildman–Crippen MR) is 81.0 cm³/mol. The molecule has 0 amide bonds.